The molecule has 0 aliphatic carbocycles. The molecule has 1 saturated heterocycles. The van der Waals surface area contributed by atoms with Gasteiger partial charge in [-0.3, -0.25) is 9.59 Å². The van der Waals surface area contributed by atoms with Crippen LogP contribution in [0, 0.1) is 5.92 Å². The predicted molar refractivity (Wildman–Crippen MR) is 107 cm³/mol. The average molecular weight is 387 g/mol. The van der Waals surface area contributed by atoms with Crippen molar-refractivity contribution in [2.45, 2.75) is 25.9 Å². The van der Waals surface area contributed by atoms with Crippen LogP contribution < -0.4 is 5.32 Å². The third kappa shape index (κ3) is 5.91. The Morgan fingerprint density at radius 1 is 1.11 bits per heavy atom. The molecule has 6 heteroatoms. The molecule has 0 saturated carbocycles. The first-order chi connectivity index (χ1) is 13.2. The van der Waals surface area contributed by atoms with E-state index in [1.807, 2.05) is 52.7 Å². The van der Waals surface area contributed by atoms with Crippen molar-refractivity contribution in [3.8, 4) is 0 Å². The molecule has 1 aromatic heterocycles. The molecule has 2 amide bonds. The molecule has 144 valence electrons. The number of rotatable bonds is 8. The molecule has 0 radical (unpaired) electrons. The van der Waals surface area contributed by atoms with E-state index in [0.29, 0.717) is 32.8 Å². The van der Waals surface area contributed by atoms with Crippen LogP contribution in [0.5, 0.6) is 0 Å². The number of nitrogens with zero attached hydrogens (tertiary/aromatic N) is 1. The highest BCUT2D eigenvalue weighted by molar-refractivity contribution is 7.12. The van der Waals surface area contributed by atoms with Crippen molar-refractivity contribution in [3.63, 3.8) is 0 Å². The fourth-order valence-corrected chi connectivity index (χ4v) is 3.89. The van der Waals surface area contributed by atoms with Crippen molar-refractivity contribution in [2.24, 2.45) is 5.92 Å². The Bertz CT molecular complexity index is 710. The van der Waals surface area contributed by atoms with Gasteiger partial charge in [0, 0.05) is 32.2 Å². The number of thiophene rings is 1. The zero-order valence-corrected chi connectivity index (χ0v) is 16.2. The molecule has 0 atom stereocenters. The van der Waals surface area contributed by atoms with Gasteiger partial charge in [0.05, 0.1) is 11.5 Å². The summed E-state index contributed by atoms with van der Waals surface area (Å²) in [4.78, 5) is 27.3. The number of carbonyl (C=O) groups excluding carboxylic acids is 2. The number of hydrogen-bond acceptors (Lipinski definition) is 4. The molecule has 0 bridgehead atoms. The average Bonchev–Trinajstić information content (AvgIpc) is 3.25. The summed E-state index contributed by atoms with van der Waals surface area (Å²) in [6.45, 7) is 3.15. The van der Waals surface area contributed by atoms with Crippen LogP contribution >= 0.6 is 11.3 Å². The number of hydrogen-bond donors (Lipinski definition) is 1. The Kier molecular flexibility index (Phi) is 7.42. The highest BCUT2D eigenvalue weighted by Gasteiger charge is 2.27. The van der Waals surface area contributed by atoms with Gasteiger partial charge in [-0.25, -0.2) is 0 Å². The SMILES string of the molecule is O=C(NCCCOCc1ccccc1)C1CCN(C(=O)c2cccs2)CC1. The number of piperidine rings is 1. The maximum absolute atomic E-state index is 12.3. The highest BCUT2D eigenvalue weighted by Crippen LogP contribution is 2.20. The Balaban J connectivity index is 1.28. The summed E-state index contributed by atoms with van der Waals surface area (Å²) in [7, 11) is 0. The fraction of sp³-hybridized carbons (Fsp3) is 0.429. The number of likely N-dealkylation sites (tertiary alicyclic amines) is 1. The zero-order chi connectivity index (χ0) is 18.9. The standard InChI is InChI=1S/C21H26N2O3S/c24-20(22-11-5-14-26-16-17-6-2-1-3-7-17)18-9-12-23(13-10-18)21(25)19-8-4-15-27-19/h1-4,6-8,15,18H,5,9-14,16H2,(H,22,24). The first-order valence-corrected chi connectivity index (χ1v) is 10.3. The first-order valence-electron chi connectivity index (χ1n) is 9.46. The van der Waals surface area contributed by atoms with E-state index in [1.54, 1.807) is 0 Å². The summed E-state index contributed by atoms with van der Waals surface area (Å²) < 4.78 is 5.63. The van der Waals surface area contributed by atoms with E-state index >= 15 is 0 Å². The molecule has 1 fully saturated rings. The van der Waals surface area contributed by atoms with Gasteiger partial charge in [0.25, 0.3) is 5.91 Å². The second-order valence-corrected chi connectivity index (χ2v) is 7.67. The van der Waals surface area contributed by atoms with Crippen LogP contribution in [-0.2, 0) is 16.1 Å². The van der Waals surface area contributed by atoms with Crippen LogP contribution in [-0.4, -0.2) is 43.0 Å². The van der Waals surface area contributed by atoms with Crippen molar-refractivity contribution < 1.29 is 14.3 Å². The molecule has 0 spiro atoms. The zero-order valence-electron chi connectivity index (χ0n) is 15.4. The van der Waals surface area contributed by atoms with Gasteiger partial charge in [-0.1, -0.05) is 36.4 Å². The van der Waals surface area contributed by atoms with Crippen molar-refractivity contribution in [3.05, 3.63) is 58.3 Å². The number of amides is 2. The second kappa shape index (κ2) is 10.2. The summed E-state index contributed by atoms with van der Waals surface area (Å²) in [5.41, 5.74) is 1.16. The van der Waals surface area contributed by atoms with Gasteiger partial charge in [0.1, 0.15) is 0 Å². The van der Waals surface area contributed by atoms with Gasteiger partial charge in [-0.15, -0.1) is 11.3 Å². The molecule has 1 aliphatic heterocycles. The molecule has 2 aromatic rings. The minimum atomic E-state index is 0.00243. The molecule has 1 aliphatic rings. The van der Waals surface area contributed by atoms with Gasteiger partial charge in [-0.2, -0.15) is 0 Å². The molecule has 27 heavy (non-hydrogen) atoms. The number of nitrogens with one attached hydrogen (secondary N) is 1. The van der Waals surface area contributed by atoms with E-state index in [2.05, 4.69) is 5.32 Å². The Labute approximate surface area is 164 Å². The van der Waals surface area contributed by atoms with E-state index in [9.17, 15) is 9.59 Å². The minimum Gasteiger partial charge on any atom is -0.377 e. The molecule has 3 rings (SSSR count). The Morgan fingerprint density at radius 3 is 2.59 bits per heavy atom. The van der Waals surface area contributed by atoms with E-state index in [-0.39, 0.29) is 17.7 Å². The summed E-state index contributed by atoms with van der Waals surface area (Å²) in [6, 6.07) is 13.8. The van der Waals surface area contributed by atoms with Crippen LogP contribution in [0.2, 0.25) is 0 Å². The third-order valence-electron chi connectivity index (χ3n) is 4.76. The summed E-state index contributed by atoms with van der Waals surface area (Å²) in [5, 5.41) is 4.92. The Hall–Kier alpha value is -2.18. The van der Waals surface area contributed by atoms with Gasteiger partial charge in [-0.05, 0) is 36.3 Å². The van der Waals surface area contributed by atoms with Gasteiger partial charge in [0.2, 0.25) is 5.91 Å². The van der Waals surface area contributed by atoms with Crippen molar-refractivity contribution >= 4 is 23.2 Å². The van der Waals surface area contributed by atoms with Crippen molar-refractivity contribution in [2.75, 3.05) is 26.2 Å². The van der Waals surface area contributed by atoms with Gasteiger partial charge >= 0.3 is 0 Å². The van der Waals surface area contributed by atoms with Crippen LogP contribution in [0.3, 0.4) is 0 Å². The number of carbonyl (C=O) groups is 2. The van der Waals surface area contributed by atoms with Crippen LogP contribution in [0.25, 0.3) is 0 Å². The van der Waals surface area contributed by atoms with E-state index in [4.69, 9.17) is 4.74 Å². The normalized spacial score (nSPS) is 14.9. The predicted octanol–water partition coefficient (Wildman–Crippen LogP) is 3.32. The molecule has 1 N–H and O–H groups in total. The lowest BCUT2D eigenvalue weighted by Gasteiger charge is -2.31. The lowest BCUT2D eigenvalue weighted by Crippen LogP contribution is -2.43. The summed E-state index contributed by atoms with van der Waals surface area (Å²) >= 11 is 1.47. The minimum absolute atomic E-state index is 0.00243. The van der Waals surface area contributed by atoms with E-state index in [1.165, 1.54) is 11.3 Å². The molecule has 0 unspecified atom stereocenters. The van der Waals surface area contributed by atoms with E-state index < -0.39 is 0 Å². The van der Waals surface area contributed by atoms with Crippen LogP contribution in [0.15, 0.2) is 47.8 Å². The fourth-order valence-electron chi connectivity index (χ4n) is 3.20. The number of benzene rings is 1. The third-order valence-corrected chi connectivity index (χ3v) is 5.62. The van der Waals surface area contributed by atoms with Crippen LogP contribution in [0.1, 0.15) is 34.5 Å². The molecule has 2 heterocycles. The lowest BCUT2D eigenvalue weighted by molar-refractivity contribution is -0.126. The number of ether oxygens (including phenoxy) is 1. The van der Waals surface area contributed by atoms with E-state index in [0.717, 1.165) is 29.7 Å². The summed E-state index contributed by atoms with van der Waals surface area (Å²) in [6.07, 6.45) is 2.26. The largest absolute Gasteiger partial charge is 0.377 e. The molecule has 1 aromatic carbocycles. The molecule has 5 nitrogen and oxygen atoms in total. The maximum atomic E-state index is 12.3. The van der Waals surface area contributed by atoms with Crippen LogP contribution in [0.4, 0.5) is 0 Å². The van der Waals surface area contributed by atoms with Gasteiger partial charge in [0.15, 0.2) is 0 Å². The van der Waals surface area contributed by atoms with Crippen molar-refractivity contribution in [1.82, 2.24) is 10.2 Å². The Morgan fingerprint density at radius 2 is 1.89 bits per heavy atom. The smallest absolute Gasteiger partial charge is 0.263 e. The molecular weight excluding hydrogens is 360 g/mol. The maximum Gasteiger partial charge on any atom is 0.263 e. The monoisotopic (exact) mass is 386 g/mol. The first kappa shape index (κ1) is 19.6. The quantitative estimate of drug-likeness (QED) is 0.708. The topological polar surface area (TPSA) is 58.6 Å². The lowest BCUT2D eigenvalue weighted by atomic mass is 9.95. The van der Waals surface area contributed by atoms with Gasteiger partial charge < -0.3 is 15.0 Å². The highest BCUT2D eigenvalue weighted by atomic mass is 32.1. The second-order valence-electron chi connectivity index (χ2n) is 6.73. The molecular formula is C21H26N2O3S. The van der Waals surface area contributed by atoms with Crippen molar-refractivity contribution in [1.29, 1.82) is 0 Å². The summed E-state index contributed by atoms with van der Waals surface area (Å²) in [5.74, 6) is 0.184.